The van der Waals surface area contributed by atoms with Gasteiger partial charge in [0.25, 0.3) is 0 Å². The molecule has 10 heteroatoms. The number of hydrogen-bond donors (Lipinski definition) is 2. The average Bonchev–Trinajstić information content (AvgIpc) is 2.75. The minimum Gasteiger partial charge on any atom is -0.406 e. The third-order valence-corrected chi connectivity index (χ3v) is 4.94. The van der Waals surface area contributed by atoms with Gasteiger partial charge in [-0.05, 0) is 50.8 Å². The summed E-state index contributed by atoms with van der Waals surface area (Å²) in [5, 5.41) is 7.03. The lowest BCUT2D eigenvalue weighted by Crippen LogP contribution is -2.17. The first-order valence-corrected chi connectivity index (χ1v) is 10.7. The van der Waals surface area contributed by atoms with Crippen LogP contribution in [0.25, 0.3) is 11.3 Å². The molecule has 176 valence electrons. The molecule has 0 aliphatic heterocycles. The maximum atomic E-state index is 12.6. The van der Waals surface area contributed by atoms with E-state index in [9.17, 15) is 13.2 Å². The summed E-state index contributed by atoms with van der Waals surface area (Å²) in [5.41, 5.74) is 1.81. The summed E-state index contributed by atoms with van der Waals surface area (Å²) >= 11 is 6.23. The summed E-state index contributed by atoms with van der Waals surface area (Å²) in [4.78, 5) is 11.1. The molecule has 0 unspecified atom stereocenters. The summed E-state index contributed by atoms with van der Waals surface area (Å²) in [6.45, 7) is 1.96. The number of anilines is 2. The first kappa shape index (κ1) is 24.6. The third-order valence-electron chi connectivity index (χ3n) is 4.57. The fraction of sp³-hybridized carbons (Fsp3) is 0.304. The van der Waals surface area contributed by atoms with E-state index in [-0.39, 0.29) is 5.75 Å². The van der Waals surface area contributed by atoms with E-state index < -0.39 is 6.36 Å². The largest absolute Gasteiger partial charge is 0.573 e. The van der Waals surface area contributed by atoms with Gasteiger partial charge in [-0.15, -0.1) is 13.2 Å². The van der Waals surface area contributed by atoms with Crippen molar-refractivity contribution in [1.82, 2.24) is 14.9 Å². The van der Waals surface area contributed by atoms with E-state index in [0.717, 1.165) is 18.5 Å². The molecule has 0 aliphatic carbocycles. The second-order valence-electron chi connectivity index (χ2n) is 7.57. The van der Waals surface area contributed by atoms with Crippen molar-refractivity contribution < 1.29 is 17.9 Å². The zero-order valence-electron chi connectivity index (χ0n) is 18.3. The van der Waals surface area contributed by atoms with Gasteiger partial charge in [0.1, 0.15) is 11.6 Å². The van der Waals surface area contributed by atoms with Gasteiger partial charge in [-0.2, -0.15) is 4.98 Å². The van der Waals surface area contributed by atoms with Gasteiger partial charge in [0.2, 0.25) is 5.95 Å². The highest BCUT2D eigenvalue weighted by Gasteiger charge is 2.31. The predicted octanol–water partition coefficient (Wildman–Crippen LogP) is 5.67. The molecule has 0 saturated heterocycles. The minimum atomic E-state index is -4.77. The van der Waals surface area contributed by atoms with Gasteiger partial charge in [0.15, 0.2) is 0 Å². The van der Waals surface area contributed by atoms with E-state index in [0.29, 0.717) is 41.1 Å². The Bertz CT molecular complexity index is 1060. The summed E-state index contributed by atoms with van der Waals surface area (Å²) in [5.74, 6) is 0.567. The van der Waals surface area contributed by atoms with Crippen LogP contribution in [-0.4, -0.2) is 48.4 Å². The molecule has 0 atom stereocenters. The van der Waals surface area contributed by atoms with Crippen LogP contribution in [0.1, 0.15) is 12.0 Å². The fourth-order valence-electron chi connectivity index (χ4n) is 3.04. The number of rotatable bonds is 10. The van der Waals surface area contributed by atoms with Crippen LogP contribution < -0.4 is 15.4 Å². The predicted molar refractivity (Wildman–Crippen MR) is 125 cm³/mol. The van der Waals surface area contributed by atoms with Crippen LogP contribution in [0.4, 0.5) is 24.9 Å². The minimum absolute atomic E-state index is 0.315. The zero-order chi connectivity index (χ0) is 23.8. The maximum absolute atomic E-state index is 12.6. The molecule has 0 fully saturated rings. The quantitative estimate of drug-likeness (QED) is 0.365. The molecule has 0 saturated carbocycles. The smallest absolute Gasteiger partial charge is 0.406 e. The Morgan fingerprint density at radius 3 is 2.52 bits per heavy atom. The second-order valence-corrected chi connectivity index (χ2v) is 7.97. The zero-order valence-corrected chi connectivity index (χ0v) is 19.0. The highest BCUT2D eigenvalue weighted by molar-refractivity contribution is 6.31. The number of benzene rings is 2. The highest BCUT2D eigenvalue weighted by Crippen LogP contribution is 2.29. The van der Waals surface area contributed by atoms with Crippen molar-refractivity contribution in [3.8, 4) is 17.0 Å². The molecule has 3 aromatic rings. The van der Waals surface area contributed by atoms with E-state index in [1.54, 1.807) is 18.2 Å². The Kier molecular flexibility index (Phi) is 8.35. The Labute approximate surface area is 195 Å². The van der Waals surface area contributed by atoms with Gasteiger partial charge < -0.3 is 20.3 Å². The molecular formula is C23H25ClF3N5O. The van der Waals surface area contributed by atoms with Gasteiger partial charge in [0, 0.05) is 29.7 Å². The van der Waals surface area contributed by atoms with Crippen LogP contribution in [0.5, 0.6) is 5.75 Å². The summed E-state index contributed by atoms with van der Waals surface area (Å²) in [7, 11) is 3.98. The first-order chi connectivity index (χ1) is 15.7. The molecule has 0 aliphatic rings. The molecule has 2 N–H and O–H groups in total. The van der Waals surface area contributed by atoms with Crippen molar-refractivity contribution in [3.63, 3.8) is 0 Å². The summed E-state index contributed by atoms with van der Waals surface area (Å²) < 4.78 is 42.0. The van der Waals surface area contributed by atoms with Gasteiger partial charge in [-0.25, -0.2) is 4.98 Å². The Hall–Kier alpha value is -3.04. The normalized spacial score (nSPS) is 11.5. The van der Waals surface area contributed by atoms with E-state index in [1.165, 1.54) is 18.2 Å². The lowest BCUT2D eigenvalue weighted by atomic mass is 10.1. The van der Waals surface area contributed by atoms with Crippen LogP contribution in [0, 0.1) is 0 Å². The molecule has 33 heavy (non-hydrogen) atoms. The van der Waals surface area contributed by atoms with Crippen LogP contribution in [0.3, 0.4) is 0 Å². The van der Waals surface area contributed by atoms with Crippen LogP contribution in [-0.2, 0) is 6.54 Å². The molecule has 6 nitrogen and oxygen atoms in total. The van der Waals surface area contributed by atoms with Crippen LogP contribution in [0.2, 0.25) is 5.02 Å². The van der Waals surface area contributed by atoms with Crippen LogP contribution >= 0.6 is 11.6 Å². The van der Waals surface area contributed by atoms with Crippen molar-refractivity contribution in [2.24, 2.45) is 0 Å². The van der Waals surface area contributed by atoms with Gasteiger partial charge >= 0.3 is 6.36 Å². The topological polar surface area (TPSA) is 62.3 Å². The Balaban J connectivity index is 1.85. The van der Waals surface area contributed by atoms with Gasteiger partial charge in [-0.1, -0.05) is 41.9 Å². The lowest BCUT2D eigenvalue weighted by Gasteiger charge is -2.14. The fourth-order valence-corrected chi connectivity index (χ4v) is 3.24. The molecule has 1 heterocycles. The van der Waals surface area contributed by atoms with Crippen molar-refractivity contribution in [2.75, 3.05) is 37.8 Å². The molecule has 0 bridgehead atoms. The third kappa shape index (κ3) is 8.11. The molecule has 2 aromatic carbocycles. The lowest BCUT2D eigenvalue weighted by molar-refractivity contribution is -0.274. The van der Waals surface area contributed by atoms with Gasteiger partial charge in [0.05, 0.1) is 5.69 Å². The van der Waals surface area contributed by atoms with E-state index >= 15 is 0 Å². The summed E-state index contributed by atoms with van der Waals surface area (Å²) in [6.07, 6.45) is -3.90. The molecule has 0 amide bonds. The summed E-state index contributed by atoms with van der Waals surface area (Å²) in [6, 6.07) is 14.8. The standard InChI is InChI=1S/C23H25ClF3N5O/c1-32(2)12-6-11-28-22-30-20(16-8-5-9-18(13-16)33-23(25,26)27)14-21(31-22)29-15-17-7-3-4-10-19(17)24/h3-5,7-10,13-14H,6,11-12,15H2,1-2H3,(H2,28,29,30,31). The molecule has 3 rings (SSSR count). The number of aromatic nitrogens is 2. The number of alkyl halides is 3. The van der Waals surface area contributed by atoms with Crippen molar-refractivity contribution in [2.45, 2.75) is 19.3 Å². The number of hydrogen-bond acceptors (Lipinski definition) is 6. The molecule has 0 spiro atoms. The number of ether oxygens (including phenoxy) is 1. The second kappa shape index (κ2) is 11.2. The number of nitrogens with zero attached hydrogens (tertiary/aromatic N) is 3. The van der Waals surface area contributed by atoms with E-state index in [2.05, 4.69) is 30.2 Å². The van der Waals surface area contributed by atoms with Crippen molar-refractivity contribution >= 4 is 23.4 Å². The molecule has 1 aromatic heterocycles. The first-order valence-electron chi connectivity index (χ1n) is 10.3. The SMILES string of the molecule is CN(C)CCCNc1nc(NCc2ccccc2Cl)cc(-c2cccc(OC(F)(F)F)c2)n1. The Morgan fingerprint density at radius 1 is 1.00 bits per heavy atom. The van der Waals surface area contributed by atoms with Crippen molar-refractivity contribution in [3.05, 3.63) is 65.2 Å². The van der Waals surface area contributed by atoms with E-state index in [4.69, 9.17) is 11.6 Å². The monoisotopic (exact) mass is 479 g/mol. The van der Waals surface area contributed by atoms with Crippen molar-refractivity contribution in [1.29, 1.82) is 0 Å². The molecular weight excluding hydrogens is 455 g/mol. The van der Waals surface area contributed by atoms with E-state index in [1.807, 2.05) is 32.3 Å². The highest BCUT2D eigenvalue weighted by atomic mass is 35.5. The maximum Gasteiger partial charge on any atom is 0.573 e. The average molecular weight is 480 g/mol. The molecule has 0 radical (unpaired) electrons. The van der Waals surface area contributed by atoms with Gasteiger partial charge in [-0.3, -0.25) is 0 Å². The Morgan fingerprint density at radius 2 is 1.79 bits per heavy atom. The number of nitrogens with one attached hydrogen (secondary N) is 2. The number of halogens is 4. The van der Waals surface area contributed by atoms with Crippen LogP contribution in [0.15, 0.2) is 54.6 Å².